The number of anilines is 1. The Morgan fingerprint density at radius 1 is 1.25 bits per heavy atom. The largest absolute Gasteiger partial charge is 0.369 e. The summed E-state index contributed by atoms with van der Waals surface area (Å²) < 4.78 is 0. The van der Waals surface area contributed by atoms with Gasteiger partial charge in [-0.15, -0.1) is 11.3 Å². The van der Waals surface area contributed by atoms with Crippen LogP contribution in [0, 0.1) is 5.92 Å². The normalized spacial score (nSPS) is 17.0. The lowest BCUT2D eigenvalue weighted by molar-refractivity contribution is 0.509. The SMILES string of the molecule is CC1CCc2c(sc3nc(Cl)nc(NCCc4ccccc4)c23)C1. The third-order valence-corrected chi connectivity index (χ3v) is 5.99. The fourth-order valence-electron chi connectivity index (χ4n) is 3.41. The topological polar surface area (TPSA) is 37.8 Å². The summed E-state index contributed by atoms with van der Waals surface area (Å²) in [5, 5.41) is 5.02. The monoisotopic (exact) mass is 357 g/mol. The van der Waals surface area contributed by atoms with Gasteiger partial charge in [0.25, 0.3) is 0 Å². The van der Waals surface area contributed by atoms with E-state index < -0.39 is 0 Å². The van der Waals surface area contributed by atoms with Crippen LogP contribution in [0.2, 0.25) is 5.28 Å². The van der Waals surface area contributed by atoms with Crippen molar-refractivity contribution in [2.75, 3.05) is 11.9 Å². The Hall–Kier alpha value is -1.65. The van der Waals surface area contributed by atoms with Gasteiger partial charge in [-0.2, -0.15) is 0 Å². The Labute approximate surface area is 151 Å². The van der Waals surface area contributed by atoms with Gasteiger partial charge >= 0.3 is 0 Å². The average Bonchev–Trinajstić information content (AvgIpc) is 2.92. The maximum atomic E-state index is 6.16. The average molecular weight is 358 g/mol. The molecular formula is C19H20ClN3S. The summed E-state index contributed by atoms with van der Waals surface area (Å²) in [7, 11) is 0. The Bertz CT molecular complexity index is 860. The molecule has 1 aliphatic rings. The second-order valence-electron chi connectivity index (χ2n) is 6.54. The van der Waals surface area contributed by atoms with Gasteiger partial charge in [0.15, 0.2) is 0 Å². The van der Waals surface area contributed by atoms with Crippen molar-refractivity contribution in [3.63, 3.8) is 0 Å². The van der Waals surface area contributed by atoms with E-state index in [1.54, 1.807) is 11.3 Å². The van der Waals surface area contributed by atoms with Crippen LogP contribution in [-0.4, -0.2) is 16.5 Å². The van der Waals surface area contributed by atoms with Gasteiger partial charge < -0.3 is 5.32 Å². The Morgan fingerprint density at radius 3 is 2.92 bits per heavy atom. The van der Waals surface area contributed by atoms with E-state index in [1.807, 2.05) is 6.07 Å². The smallest absolute Gasteiger partial charge is 0.225 e. The zero-order valence-electron chi connectivity index (χ0n) is 13.7. The van der Waals surface area contributed by atoms with Gasteiger partial charge in [-0.25, -0.2) is 9.97 Å². The van der Waals surface area contributed by atoms with Gasteiger partial charge in [0, 0.05) is 11.4 Å². The number of nitrogens with zero attached hydrogens (tertiary/aromatic N) is 2. The van der Waals surface area contributed by atoms with E-state index in [2.05, 4.69) is 46.5 Å². The van der Waals surface area contributed by atoms with Crippen LogP contribution < -0.4 is 5.32 Å². The van der Waals surface area contributed by atoms with Crippen LogP contribution in [0.25, 0.3) is 10.2 Å². The van der Waals surface area contributed by atoms with Crippen molar-refractivity contribution in [1.82, 2.24) is 9.97 Å². The number of benzene rings is 1. The lowest BCUT2D eigenvalue weighted by Crippen LogP contribution is -2.10. The molecule has 1 N–H and O–H groups in total. The highest BCUT2D eigenvalue weighted by Gasteiger charge is 2.23. The Balaban J connectivity index is 1.62. The van der Waals surface area contributed by atoms with Crippen LogP contribution in [0.15, 0.2) is 30.3 Å². The van der Waals surface area contributed by atoms with E-state index in [0.29, 0.717) is 5.28 Å². The van der Waals surface area contributed by atoms with Crippen LogP contribution in [-0.2, 0) is 19.3 Å². The lowest BCUT2D eigenvalue weighted by atomic mass is 9.89. The van der Waals surface area contributed by atoms with Gasteiger partial charge in [-0.1, -0.05) is 37.3 Å². The van der Waals surface area contributed by atoms with Crippen LogP contribution in [0.3, 0.4) is 0 Å². The number of halogens is 1. The fourth-order valence-corrected chi connectivity index (χ4v) is 5.02. The van der Waals surface area contributed by atoms with Crippen LogP contribution in [0.4, 0.5) is 5.82 Å². The standard InChI is InChI=1S/C19H20ClN3S/c1-12-7-8-14-15(11-12)24-18-16(14)17(22-19(20)23-18)21-10-9-13-5-3-2-4-6-13/h2-6,12H,7-11H2,1H3,(H,21,22,23). The maximum absolute atomic E-state index is 6.16. The summed E-state index contributed by atoms with van der Waals surface area (Å²) in [4.78, 5) is 11.4. The molecule has 0 fully saturated rings. The molecule has 24 heavy (non-hydrogen) atoms. The molecule has 0 amide bonds. The minimum absolute atomic E-state index is 0.330. The highest BCUT2D eigenvalue weighted by Crippen LogP contribution is 2.40. The highest BCUT2D eigenvalue weighted by atomic mass is 35.5. The molecule has 2 aromatic heterocycles. The zero-order valence-corrected chi connectivity index (χ0v) is 15.3. The number of thiophene rings is 1. The summed E-state index contributed by atoms with van der Waals surface area (Å²) >= 11 is 7.94. The highest BCUT2D eigenvalue weighted by molar-refractivity contribution is 7.19. The van der Waals surface area contributed by atoms with Crippen molar-refractivity contribution >= 4 is 39.0 Å². The number of aromatic nitrogens is 2. The Morgan fingerprint density at radius 2 is 2.08 bits per heavy atom. The van der Waals surface area contributed by atoms with Gasteiger partial charge in [0.05, 0.1) is 5.39 Å². The number of nitrogens with one attached hydrogen (secondary N) is 1. The maximum Gasteiger partial charge on any atom is 0.225 e. The van der Waals surface area contributed by atoms with Crippen molar-refractivity contribution in [2.24, 2.45) is 5.92 Å². The third-order valence-electron chi connectivity index (χ3n) is 4.68. The number of fused-ring (bicyclic) bond motifs is 3. The van der Waals surface area contributed by atoms with Crippen molar-refractivity contribution in [2.45, 2.75) is 32.6 Å². The summed E-state index contributed by atoms with van der Waals surface area (Å²) in [6.45, 7) is 3.17. The molecule has 0 saturated heterocycles. The first kappa shape index (κ1) is 15.9. The summed E-state index contributed by atoms with van der Waals surface area (Å²) in [6.07, 6.45) is 4.48. The molecule has 0 bridgehead atoms. The molecule has 124 valence electrons. The summed E-state index contributed by atoms with van der Waals surface area (Å²) in [5.74, 6) is 1.65. The minimum atomic E-state index is 0.330. The van der Waals surface area contributed by atoms with Crippen molar-refractivity contribution < 1.29 is 0 Å². The second-order valence-corrected chi connectivity index (χ2v) is 7.96. The van der Waals surface area contributed by atoms with Crippen LogP contribution in [0.5, 0.6) is 0 Å². The molecule has 1 aromatic carbocycles. The van der Waals surface area contributed by atoms with Crippen LogP contribution in [0.1, 0.15) is 29.3 Å². The molecule has 0 saturated carbocycles. The van der Waals surface area contributed by atoms with E-state index in [-0.39, 0.29) is 0 Å². The van der Waals surface area contributed by atoms with E-state index in [4.69, 9.17) is 11.6 Å². The minimum Gasteiger partial charge on any atom is -0.369 e. The second kappa shape index (κ2) is 6.69. The lowest BCUT2D eigenvalue weighted by Gasteiger charge is -2.18. The predicted octanol–water partition coefficient (Wildman–Crippen LogP) is 5.12. The van der Waals surface area contributed by atoms with Crippen molar-refractivity contribution in [1.29, 1.82) is 0 Å². The van der Waals surface area contributed by atoms with Gasteiger partial charge in [0.2, 0.25) is 5.28 Å². The third kappa shape index (κ3) is 3.13. The Kier molecular flexibility index (Phi) is 4.42. The number of hydrogen-bond acceptors (Lipinski definition) is 4. The van der Waals surface area contributed by atoms with E-state index >= 15 is 0 Å². The van der Waals surface area contributed by atoms with E-state index in [1.165, 1.54) is 27.8 Å². The van der Waals surface area contributed by atoms with Gasteiger partial charge in [-0.05, 0) is 54.3 Å². The summed E-state index contributed by atoms with van der Waals surface area (Å²) in [5.41, 5.74) is 2.76. The molecule has 1 atom stereocenters. The van der Waals surface area contributed by atoms with Crippen molar-refractivity contribution in [3.8, 4) is 0 Å². The van der Waals surface area contributed by atoms with Gasteiger partial charge in [0.1, 0.15) is 10.6 Å². The predicted molar refractivity (Wildman–Crippen MR) is 102 cm³/mol. The van der Waals surface area contributed by atoms with E-state index in [0.717, 1.165) is 42.4 Å². The molecule has 0 spiro atoms. The van der Waals surface area contributed by atoms with Crippen molar-refractivity contribution in [3.05, 3.63) is 51.6 Å². The molecule has 3 nitrogen and oxygen atoms in total. The number of hydrogen-bond donors (Lipinski definition) is 1. The first-order chi connectivity index (χ1) is 11.7. The first-order valence-electron chi connectivity index (χ1n) is 8.46. The quantitative estimate of drug-likeness (QED) is 0.658. The zero-order chi connectivity index (χ0) is 16.5. The molecular weight excluding hydrogens is 338 g/mol. The molecule has 1 aliphatic carbocycles. The first-order valence-corrected chi connectivity index (χ1v) is 9.65. The summed E-state index contributed by atoms with van der Waals surface area (Å²) in [6, 6.07) is 10.5. The van der Waals surface area contributed by atoms with Crippen LogP contribution >= 0.6 is 22.9 Å². The molecule has 2 heterocycles. The molecule has 3 aromatic rings. The number of aryl methyl sites for hydroxylation is 1. The number of rotatable bonds is 4. The molecule has 5 heteroatoms. The van der Waals surface area contributed by atoms with Gasteiger partial charge in [-0.3, -0.25) is 0 Å². The molecule has 4 rings (SSSR count). The van der Waals surface area contributed by atoms with E-state index in [9.17, 15) is 0 Å². The molecule has 0 aliphatic heterocycles. The molecule has 0 radical (unpaired) electrons. The molecule has 1 unspecified atom stereocenters. The fraction of sp³-hybridized carbons (Fsp3) is 0.368.